The van der Waals surface area contributed by atoms with Crippen LogP contribution < -0.4 is 9.80 Å². The standard InChI is InChI=1S/C13H16F3N3O4.C13H19N3O4/c1-3-5-17(6-4-2)12-10(18(20)21)7-9(13(14,15)16)8-11(12)19(22)23;1-4-6-14(7-5-2)13-11(15(17)18)8-10(3)9-12(13)16(19)20/h7-8H,3-6H2,1-2H3;8-9H,4-7H2,1-3H3. The van der Waals surface area contributed by atoms with Crippen LogP contribution >= 0.6 is 0 Å². The van der Waals surface area contributed by atoms with Gasteiger partial charge in [-0.05, 0) is 38.2 Å². The first-order valence-corrected chi connectivity index (χ1v) is 13.5. The topological polar surface area (TPSA) is 179 Å². The number of aryl methyl sites for hydroxylation is 1. The summed E-state index contributed by atoms with van der Waals surface area (Å²) in [5.41, 5.74) is -3.36. The number of benzene rings is 2. The van der Waals surface area contributed by atoms with E-state index < -0.39 is 42.8 Å². The van der Waals surface area contributed by atoms with Crippen LogP contribution in [0.5, 0.6) is 0 Å². The number of nitro benzene ring substituents is 4. The first-order valence-electron chi connectivity index (χ1n) is 13.5. The van der Waals surface area contributed by atoms with E-state index in [1.54, 1.807) is 25.7 Å². The zero-order valence-electron chi connectivity index (χ0n) is 24.5. The zero-order valence-corrected chi connectivity index (χ0v) is 24.5. The minimum absolute atomic E-state index is 0.120. The fraction of sp³-hybridized carbons (Fsp3) is 0.538. The van der Waals surface area contributed by atoms with Crippen molar-refractivity contribution in [2.24, 2.45) is 0 Å². The lowest BCUT2D eigenvalue weighted by molar-refractivity contribution is -0.393. The van der Waals surface area contributed by atoms with E-state index in [0.29, 0.717) is 43.6 Å². The molecule has 0 amide bonds. The molecule has 0 heterocycles. The summed E-state index contributed by atoms with van der Waals surface area (Å²) < 4.78 is 38.5. The fourth-order valence-corrected chi connectivity index (χ4v) is 4.46. The van der Waals surface area contributed by atoms with Crippen molar-refractivity contribution in [3.05, 3.63) is 75.8 Å². The van der Waals surface area contributed by atoms with E-state index in [1.807, 2.05) is 13.8 Å². The third kappa shape index (κ3) is 9.75. The third-order valence-electron chi connectivity index (χ3n) is 6.00. The molecule has 0 fully saturated rings. The molecule has 2 rings (SSSR count). The fourth-order valence-electron chi connectivity index (χ4n) is 4.46. The molecule has 0 N–H and O–H groups in total. The summed E-state index contributed by atoms with van der Waals surface area (Å²) in [7, 11) is 0. The van der Waals surface area contributed by atoms with Crippen LogP contribution in [-0.2, 0) is 6.18 Å². The van der Waals surface area contributed by atoms with Crippen LogP contribution in [0.2, 0.25) is 0 Å². The Balaban J connectivity index is 0.000000434. The molecule has 0 bridgehead atoms. The Morgan fingerprint density at radius 3 is 1.05 bits per heavy atom. The van der Waals surface area contributed by atoms with E-state index in [2.05, 4.69) is 0 Å². The molecule has 0 aliphatic rings. The Morgan fingerprint density at radius 1 is 0.581 bits per heavy atom. The second kappa shape index (κ2) is 16.2. The van der Waals surface area contributed by atoms with E-state index in [9.17, 15) is 53.6 Å². The minimum atomic E-state index is -4.91. The van der Waals surface area contributed by atoms with E-state index in [0.717, 1.165) is 12.8 Å². The normalized spacial score (nSPS) is 10.9. The van der Waals surface area contributed by atoms with Crippen LogP contribution in [-0.4, -0.2) is 45.9 Å². The molecule has 17 heteroatoms. The SMILES string of the molecule is CCCN(CCC)c1c([N+](=O)[O-])cc(C(F)(F)F)cc1[N+](=O)[O-].CCCN(CCC)c1c([N+](=O)[O-])cc(C)cc1[N+](=O)[O-]. The quantitative estimate of drug-likeness (QED) is 0.152. The first-order chi connectivity index (χ1) is 20.0. The Labute approximate surface area is 245 Å². The Morgan fingerprint density at radius 2 is 0.837 bits per heavy atom. The summed E-state index contributed by atoms with van der Waals surface area (Å²) in [5.74, 6) is 0. The predicted octanol–water partition coefficient (Wildman–Crippen LogP) is 7.59. The van der Waals surface area contributed by atoms with Gasteiger partial charge in [-0.1, -0.05) is 27.7 Å². The Kier molecular flexibility index (Phi) is 13.7. The smallest absolute Gasteiger partial charge is 0.360 e. The van der Waals surface area contributed by atoms with Gasteiger partial charge in [0.25, 0.3) is 22.7 Å². The van der Waals surface area contributed by atoms with Crippen LogP contribution in [0.1, 0.15) is 64.5 Å². The van der Waals surface area contributed by atoms with Crippen LogP contribution in [0.4, 0.5) is 47.3 Å². The van der Waals surface area contributed by atoms with E-state index in [4.69, 9.17) is 0 Å². The highest BCUT2D eigenvalue weighted by Gasteiger charge is 2.39. The molecule has 0 saturated heterocycles. The van der Waals surface area contributed by atoms with Gasteiger partial charge < -0.3 is 9.80 Å². The second-order valence-corrected chi connectivity index (χ2v) is 9.52. The molecule has 238 valence electrons. The lowest BCUT2D eigenvalue weighted by Crippen LogP contribution is -2.27. The van der Waals surface area contributed by atoms with Gasteiger partial charge in [0.15, 0.2) is 11.4 Å². The molecule has 0 aliphatic carbocycles. The molecule has 0 spiro atoms. The lowest BCUT2D eigenvalue weighted by atomic mass is 10.1. The summed E-state index contributed by atoms with van der Waals surface area (Å²) in [6.45, 7) is 10.7. The van der Waals surface area contributed by atoms with Gasteiger partial charge in [0.1, 0.15) is 0 Å². The van der Waals surface area contributed by atoms with Crippen molar-refractivity contribution in [3.63, 3.8) is 0 Å². The van der Waals surface area contributed by atoms with E-state index >= 15 is 0 Å². The molecular formula is C26H35F3N6O8. The summed E-state index contributed by atoms with van der Waals surface area (Å²) >= 11 is 0. The minimum Gasteiger partial charge on any atom is -0.360 e. The van der Waals surface area contributed by atoms with Crippen LogP contribution in [0.15, 0.2) is 24.3 Å². The third-order valence-corrected chi connectivity index (χ3v) is 6.00. The summed E-state index contributed by atoms with van der Waals surface area (Å²) in [6.07, 6.45) is -2.30. The van der Waals surface area contributed by atoms with Gasteiger partial charge in [-0.25, -0.2) is 0 Å². The maximum absolute atomic E-state index is 12.8. The molecule has 2 aromatic carbocycles. The number of anilines is 2. The average molecular weight is 617 g/mol. The molecule has 0 saturated carbocycles. The van der Waals surface area contributed by atoms with Gasteiger partial charge in [0.2, 0.25) is 0 Å². The molecule has 0 aromatic heterocycles. The van der Waals surface area contributed by atoms with Crippen LogP contribution in [0, 0.1) is 47.4 Å². The molecule has 0 radical (unpaired) electrons. The number of hydrogen-bond acceptors (Lipinski definition) is 10. The number of halogens is 3. The highest BCUT2D eigenvalue weighted by molar-refractivity contribution is 5.77. The number of nitro groups is 4. The van der Waals surface area contributed by atoms with Crippen molar-refractivity contribution in [1.82, 2.24) is 0 Å². The number of nitrogens with zero attached hydrogens (tertiary/aromatic N) is 6. The largest absolute Gasteiger partial charge is 0.416 e. The first kappa shape index (κ1) is 36.5. The molecule has 0 atom stereocenters. The van der Waals surface area contributed by atoms with Gasteiger partial charge in [-0.15, -0.1) is 0 Å². The van der Waals surface area contributed by atoms with Crippen LogP contribution in [0.3, 0.4) is 0 Å². The zero-order chi connectivity index (χ0) is 33.1. The molecule has 0 unspecified atom stereocenters. The highest BCUT2D eigenvalue weighted by Crippen LogP contribution is 2.43. The van der Waals surface area contributed by atoms with Gasteiger partial charge in [-0.3, -0.25) is 40.5 Å². The average Bonchev–Trinajstić information content (AvgIpc) is 2.91. The monoisotopic (exact) mass is 616 g/mol. The van der Waals surface area contributed by atoms with Crippen molar-refractivity contribution >= 4 is 34.1 Å². The summed E-state index contributed by atoms with van der Waals surface area (Å²) in [4.78, 5) is 44.8. The van der Waals surface area contributed by atoms with Gasteiger partial charge in [-0.2, -0.15) is 13.2 Å². The molecule has 43 heavy (non-hydrogen) atoms. The van der Waals surface area contributed by atoms with Gasteiger partial charge in [0, 0.05) is 50.4 Å². The maximum atomic E-state index is 12.8. The van der Waals surface area contributed by atoms with Crippen molar-refractivity contribution in [3.8, 4) is 0 Å². The summed E-state index contributed by atoms with van der Waals surface area (Å²) in [6, 6.07) is 3.47. The van der Waals surface area contributed by atoms with Crippen molar-refractivity contribution in [1.29, 1.82) is 0 Å². The van der Waals surface area contributed by atoms with Crippen molar-refractivity contribution < 1.29 is 32.9 Å². The lowest BCUT2D eigenvalue weighted by Gasteiger charge is -2.23. The van der Waals surface area contributed by atoms with E-state index in [-0.39, 0.29) is 35.8 Å². The molecule has 14 nitrogen and oxygen atoms in total. The van der Waals surface area contributed by atoms with Gasteiger partial charge in [0.05, 0.1) is 25.3 Å². The number of alkyl halides is 3. The molecular weight excluding hydrogens is 581 g/mol. The maximum Gasteiger partial charge on any atom is 0.416 e. The molecule has 0 aliphatic heterocycles. The van der Waals surface area contributed by atoms with Gasteiger partial charge >= 0.3 is 6.18 Å². The summed E-state index contributed by atoms with van der Waals surface area (Å²) in [5, 5.41) is 44.8. The van der Waals surface area contributed by atoms with Crippen molar-refractivity contribution in [2.75, 3.05) is 36.0 Å². The van der Waals surface area contributed by atoms with Crippen LogP contribution in [0.25, 0.3) is 0 Å². The predicted molar refractivity (Wildman–Crippen MR) is 155 cm³/mol. The number of hydrogen-bond donors (Lipinski definition) is 0. The number of rotatable bonds is 14. The van der Waals surface area contributed by atoms with E-state index in [1.165, 1.54) is 17.0 Å². The second-order valence-electron chi connectivity index (χ2n) is 9.52. The van der Waals surface area contributed by atoms with Crippen molar-refractivity contribution in [2.45, 2.75) is 66.5 Å². The Bertz CT molecular complexity index is 1240. The Hall–Kier alpha value is -4.57. The molecule has 2 aromatic rings. The highest BCUT2D eigenvalue weighted by atomic mass is 19.4.